The summed E-state index contributed by atoms with van der Waals surface area (Å²) in [5, 5.41) is 11.4. The molecule has 2 heterocycles. The lowest BCUT2D eigenvalue weighted by Crippen LogP contribution is -2.49. The van der Waals surface area contributed by atoms with Crippen LogP contribution in [0.4, 0.5) is 5.82 Å². The number of hydrogen-bond donors (Lipinski definition) is 2. The first-order valence-electron chi connectivity index (χ1n) is 6.17. The molecule has 1 aliphatic heterocycles. The topological polar surface area (TPSA) is 95.4 Å². The number of hydrogen-bond acceptors (Lipinski definition) is 5. The van der Waals surface area contributed by atoms with Gasteiger partial charge >= 0.3 is 5.97 Å². The predicted molar refractivity (Wildman–Crippen MR) is 68.0 cm³/mol. The zero-order valence-corrected chi connectivity index (χ0v) is 10.7. The van der Waals surface area contributed by atoms with Gasteiger partial charge in [-0.05, 0) is 19.3 Å². The Bertz CT molecular complexity index is 474. The molecule has 1 unspecified atom stereocenters. The van der Waals surface area contributed by atoms with E-state index in [-0.39, 0.29) is 17.6 Å². The lowest BCUT2D eigenvalue weighted by molar-refractivity contribution is -0.122. The summed E-state index contributed by atoms with van der Waals surface area (Å²) in [5.74, 6) is -0.623. The van der Waals surface area contributed by atoms with Crippen LogP contribution in [0, 0.1) is 0 Å². The number of aromatic carboxylic acids is 1. The van der Waals surface area contributed by atoms with Crippen molar-refractivity contribution in [3.05, 3.63) is 18.1 Å². The monoisotopic (exact) mass is 264 g/mol. The normalized spacial score (nSPS) is 19.0. The lowest BCUT2D eigenvalue weighted by Gasteiger charge is -2.35. The molecule has 1 amide bonds. The van der Waals surface area contributed by atoms with Crippen LogP contribution in [0.5, 0.6) is 0 Å². The molecule has 0 aliphatic carbocycles. The maximum atomic E-state index is 11.8. The predicted octanol–water partition coefficient (Wildman–Crippen LogP) is 0.280. The van der Waals surface area contributed by atoms with Crippen molar-refractivity contribution in [1.29, 1.82) is 0 Å². The largest absolute Gasteiger partial charge is 0.476 e. The first-order chi connectivity index (χ1) is 9.13. The van der Waals surface area contributed by atoms with Crippen molar-refractivity contribution >= 4 is 17.7 Å². The van der Waals surface area contributed by atoms with Gasteiger partial charge in [0.05, 0.1) is 12.4 Å². The van der Waals surface area contributed by atoms with E-state index >= 15 is 0 Å². The zero-order chi connectivity index (χ0) is 13.8. The minimum absolute atomic E-state index is 0.0520. The fraction of sp³-hybridized carbons (Fsp3) is 0.500. The maximum Gasteiger partial charge on any atom is 0.356 e. The van der Waals surface area contributed by atoms with Crippen molar-refractivity contribution < 1.29 is 14.7 Å². The van der Waals surface area contributed by atoms with Gasteiger partial charge in [0.15, 0.2) is 5.69 Å². The Balaban J connectivity index is 2.22. The first-order valence-corrected chi connectivity index (χ1v) is 6.17. The third-order valence-electron chi connectivity index (χ3n) is 3.20. The summed E-state index contributed by atoms with van der Waals surface area (Å²) < 4.78 is 0. The van der Waals surface area contributed by atoms with Crippen LogP contribution < -0.4 is 10.2 Å². The Morgan fingerprint density at radius 2 is 2.16 bits per heavy atom. The molecule has 0 radical (unpaired) electrons. The molecule has 1 aromatic heterocycles. The molecule has 2 rings (SSSR count). The number of piperidine rings is 1. The van der Waals surface area contributed by atoms with Crippen LogP contribution >= 0.6 is 0 Å². The molecule has 7 nitrogen and oxygen atoms in total. The number of carbonyl (C=O) groups is 2. The van der Waals surface area contributed by atoms with E-state index in [1.54, 1.807) is 7.05 Å². The number of likely N-dealkylation sites (N-methyl/N-ethyl adjacent to an activating group) is 1. The summed E-state index contributed by atoms with van der Waals surface area (Å²) in [6.07, 6.45) is 5.37. The van der Waals surface area contributed by atoms with Gasteiger partial charge in [0.2, 0.25) is 5.91 Å². The highest BCUT2D eigenvalue weighted by molar-refractivity contribution is 5.86. The van der Waals surface area contributed by atoms with Crippen LogP contribution in [0.15, 0.2) is 12.4 Å². The Morgan fingerprint density at radius 3 is 2.74 bits per heavy atom. The number of nitrogens with one attached hydrogen (secondary N) is 1. The van der Waals surface area contributed by atoms with Gasteiger partial charge in [0.1, 0.15) is 11.9 Å². The second kappa shape index (κ2) is 5.64. The van der Waals surface area contributed by atoms with Gasteiger partial charge in [0.25, 0.3) is 0 Å². The Hall–Kier alpha value is -2.18. The van der Waals surface area contributed by atoms with Crippen molar-refractivity contribution in [3.63, 3.8) is 0 Å². The molecular weight excluding hydrogens is 248 g/mol. The summed E-state index contributed by atoms with van der Waals surface area (Å²) in [6.45, 7) is 0.721. The van der Waals surface area contributed by atoms with Crippen LogP contribution in [0.1, 0.15) is 29.8 Å². The molecule has 2 N–H and O–H groups in total. The van der Waals surface area contributed by atoms with Crippen molar-refractivity contribution in [2.75, 3.05) is 18.5 Å². The highest BCUT2D eigenvalue weighted by Crippen LogP contribution is 2.22. The number of nitrogens with zero attached hydrogens (tertiary/aromatic N) is 3. The van der Waals surface area contributed by atoms with Crippen LogP contribution in [0.3, 0.4) is 0 Å². The fourth-order valence-electron chi connectivity index (χ4n) is 2.22. The van der Waals surface area contributed by atoms with Crippen molar-refractivity contribution in [2.24, 2.45) is 0 Å². The van der Waals surface area contributed by atoms with Crippen molar-refractivity contribution in [3.8, 4) is 0 Å². The van der Waals surface area contributed by atoms with E-state index in [1.807, 2.05) is 4.90 Å². The third-order valence-corrected chi connectivity index (χ3v) is 3.20. The van der Waals surface area contributed by atoms with Crippen LogP contribution in [-0.4, -0.2) is 46.6 Å². The molecule has 0 spiro atoms. The summed E-state index contributed by atoms with van der Waals surface area (Å²) >= 11 is 0. The number of anilines is 1. The molecule has 1 aromatic rings. The second-order valence-corrected chi connectivity index (χ2v) is 4.38. The van der Waals surface area contributed by atoms with E-state index in [1.165, 1.54) is 12.4 Å². The SMILES string of the molecule is CNC(=O)C1CCCCN1c1cnc(C(=O)O)cn1. The standard InChI is InChI=1S/C12H16N4O3/c1-13-11(17)9-4-2-3-5-16(9)10-7-14-8(6-15-10)12(18)19/h6-7,9H,2-5H2,1H3,(H,13,17)(H,18,19). The van der Waals surface area contributed by atoms with Crippen LogP contribution in [0.25, 0.3) is 0 Å². The Labute approximate surface area is 110 Å². The molecule has 0 aromatic carbocycles. The average molecular weight is 264 g/mol. The number of rotatable bonds is 3. The van der Waals surface area contributed by atoms with Crippen molar-refractivity contribution in [1.82, 2.24) is 15.3 Å². The van der Waals surface area contributed by atoms with Crippen LogP contribution in [0.2, 0.25) is 0 Å². The quantitative estimate of drug-likeness (QED) is 0.814. The highest BCUT2D eigenvalue weighted by Gasteiger charge is 2.29. The molecule has 102 valence electrons. The van der Waals surface area contributed by atoms with Gasteiger partial charge in [-0.25, -0.2) is 14.8 Å². The molecular formula is C12H16N4O3. The molecule has 1 saturated heterocycles. The van der Waals surface area contributed by atoms with Gasteiger partial charge in [-0.15, -0.1) is 0 Å². The van der Waals surface area contributed by atoms with E-state index in [9.17, 15) is 9.59 Å². The van der Waals surface area contributed by atoms with E-state index in [2.05, 4.69) is 15.3 Å². The van der Waals surface area contributed by atoms with Gasteiger partial charge in [-0.3, -0.25) is 4.79 Å². The minimum atomic E-state index is -1.11. The Kier molecular flexibility index (Phi) is 3.94. The zero-order valence-electron chi connectivity index (χ0n) is 10.7. The number of carbonyl (C=O) groups excluding carboxylic acids is 1. The molecule has 1 fully saturated rings. The molecule has 7 heteroatoms. The average Bonchev–Trinajstić information content (AvgIpc) is 2.46. The number of carboxylic acids is 1. The lowest BCUT2D eigenvalue weighted by atomic mass is 10.0. The van der Waals surface area contributed by atoms with Crippen molar-refractivity contribution in [2.45, 2.75) is 25.3 Å². The van der Waals surface area contributed by atoms with E-state index in [4.69, 9.17) is 5.11 Å². The summed E-state index contributed by atoms with van der Waals surface area (Å²) in [7, 11) is 1.61. The summed E-state index contributed by atoms with van der Waals surface area (Å²) in [6, 6.07) is -0.260. The van der Waals surface area contributed by atoms with Gasteiger partial charge in [-0.2, -0.15) is 0 Å². The van der Waals surface area contributed by atoms with Gasteiger partial charge < -0.3 is 15.3 Å². The number of amides is 1. The maximum absolute atomic E-state index is 11.8. The molecule has 19 heavy (non-hydrogen) atoms. The number of aromatic nitrogens is 2. The first kappa shape index (κ1) is 13.3. The van der Waals surface area contributed by atoms with E-state index in [0.717, 1.165) is 25.8 Å². The van der Waals surface area contributed by atoms with Gasteiger partial charge in [0, 0.05) is 13.6 Å². The molecule has 1 aliphatic rings. The van der Waals surface area contributed by atoms with Crippen LogP contribution in [-0.2, 0) is 4.79 Å². The highest BCUT2D eigenvalue weighted by atomic mass is 16.4. The minimum Gasteiger partial charge on any atom is -0.476 e. The second-order valence-electron chi connectivity index (χ2n) is 4.38. The fourth-order valence-corrected chi connectivity index (χ4v) is 2.22. The van der Waals surface area contributed by atoms with E-state index < -0.39 is 5.97 Å². The smallest absolute Gasteiger partial charge is 0.356 e. The summed E-state index contributed by atoms with van der Waals surface area (Å²) in [5.41, 5.74) is -0.0998. The summed E-state index contributed by atoms with van der Waals surface area (Å²) in [4.78, 5) is 32.4. The van der Waals surface area contributed by atoms with E-state index in [0.29, 0.717) is 5.82 Å². The third kappa shape index (κ3) is 2.81. The Morgan fingerprint density at radius 1 is 1.37 bits per heavy atom. The molecule has 1 atom stereocenters. The molecule has 0 bridgehead atoms. The molecule has 0 saturated carbocycles. The van der Waals surface area contributed by atoms with Gasteiger partial charge in [-0.1, -0.05) is 0 Å². The number of carboxylic acid groups (broad SMARTS) is 1.